The largest absolute Gasteiger partial charge is 0.372 e. The number of anilines is 1. The van der Waals surface area contributed by atoms with Crippen LogP contribution >= 0.6 is 0 Å². The number of unbranched alkanes of at least 4 members (excludes halogenated alkanes) is 2. The maximum absolute atomic E-state index is 2.47. The summed E-state index contributed by atoms with van der Waals surface area (Å²) in [6, 6.07) is 9.51. The van der Waals surface area contributed by atoms with Crippen LogP contribution in [0.25, 0.3) is 0 Å². The number of hydrogen-bond acceptors (Lipinski definition) is 1. The number of para-hydroxylation sites is 1. The molecule has 0 N–H and O–H groups in total. The topological polar surface area (TPSA) is 3.24 Å². The molecule has 0 aliphatic carbocycles. The fourth-order valence-corrected chi connectivity index (χ4v) is 2.70. The van der Waals surface area contributed by atoms with Gasteiger partial charge in [0.05, 0.1) is 0 Å². The first-order valence-corrected chi connectivity index (χ1v) is 8.16. The van der Waals surface area contributed by atoms with Gasteiger partial charge in [-0.2, -0.15) is 0 Å². The average Bonchev–Trinajstić information content (AvgIpc) is 2.37. The fourth-order valence-electron chi connectivity index (χ4n) is 2.70. The van der Waals surface area contributed by atoms with E-state index < -0.39 is 0 Å². The summed E-state index contributed by atoms with van der Waals surface area (Å²) < 4.78 is 0. The van der Waals surface area contributed by atoms with Gasteiger partial charge in [-0.15, -0.1) is 0 Å². The highest BCUT2D eigenvalue weighted by Gasteiger charge is 2.17. The second-order valence-corrected chi connectivity index (χ2v) is 7.32. The molecule has 0 aliphatic rings. The summed E-state index contributed by atoms with van der Waals surface area (Å²) in [4.78, 5) is 2.47. The third kappa shape index (κ3) is 5.56. The van der Waals surface area contributed by atoms with E-state index in [1.54, 1.807) is 0 Å². The van der Waals surface area contributed by atoms with Gasteiger partial charge in [-0.25, -0.2) is 0 Å². The van der Waals surface area contributed by atoms with Gasteiger partial charge in [-0.3, -0.25) is 0 Å². The highest BCUT2D eigenvalue weighted by Crippen LogP contribution is 2.29. The van der Waals surface area contributed by atoms with E-state index in [2.05, 4.69) is 70.8 Å². The third-order valence-corrected chi connectivity index (χ3v) is 3.98. The van der Waals surface area contributed by atoms with E-state index in [0.29, 0.717) is 11.5 Å². The summed E-state index contributed by atoms with van der Waals surface area (Å²) in [6.45, 7) is 11.6. The van der Waals surface area contributed by atoms with Crippen LogP contribution in [0.3, 0.4) is 0 Å². The number of nitrogens with zero attached hydrogens (tertiary/aromatic N) is 1. The molecule has 0 fully saturated rings. The van der Waals surface area contributed by atoms with Crippen molar-refractivity contribution in [1.29, 1.82) is 0 Å². The van der Waals surface area contributed by atoms with Crippen molar-refractivity contribution in [3.05, 3.63) is 29.8 Å². The zero-order valence-electron chi connectivity index (χ0n) is 14.4. The third-order valence-electron chi connectivity index (χ3n) is 3.98. The van der Waals surface area contributed by atoms with E-state index in [4.69, 9.17) is 0 Å². The smallest absolute Gasteiger partial charge is 0.0398 e. The van der Waals surface area contributed by atoms with Gasteiger partial charge in [0.2, 0.25) is 0 Å². The van der Waals surface area contributed by atoms with E-state index in [-0.39, 0.29) is 0 Å². The summed E-state index contributed by atoms with van der Waals surface area (Å²) >= 11 is 0. The van der Waals surface area contributed by atoms with E-state index in [1.807, 2.05) is 0 Å². The second-order valence-electron chi connectivity index (χ2n) is 7.32. The van der Waals surface area contributed by atoms with E-state index in [1.165, 1.54) is 36.9 Å². The van der Waals surface area contributed by atoms with Gasteiger partial charge in [-0.05, 0) is 36.8 Å². The van der Waals surface area contributed by atoms with Crippen LogP contribution < -0.4 is 4.90 Å². The average molecular weight is 275 g/mol. The standard InChI is InChI=1S/C19H33N/c1-7-8-9-12-16(2)20(6)18-14-11-10-13-17(18)15-19(3,4)5/h10-11,13-14,16H,7-9,12,15H2,1-6H3. The van der Waals surface area contributed by atoms with Crippen LogP contribution in [-0.2, 0) is 6.42 Å². The minimum atomic E-state index is 0.336. The number of benzene rings is 1. The maximum Gasteiger partial charge on any atom is 0.0398 e. The summed E-state index contributed by atoms with van der Waals surface area (Å²) in [5.41, 5.74) is 3.22. The molecule has 0 spiro atoms. The van der Waals surface area contributed by atoms with Crippen LogP contribution in [0.4, 0.5) is 5.69 Å². The van der Waals surface area contributed by atoms with E-state index in [0.717, 1.165) is 6.42 Å². The molecule has 0 radical (unpaired) electrons. The van der Waals surface area contributed by atoms with Crippen molar-refractivity contribution < 1.29 is 0 Å². The Morgan fingerprint density at radius 2 is 1.75 bits per heavy atom. The zero-order chi connectivity index (χ0) is 15.2. The Hall–Kier alpha value is -0.980. The van der Waals surface area contributed by atoms with Crippen LogP contribution in [0.5, 0.6) is 0 Å². The SMILES string of the molecule is CCCCCC(C)N(C)c1ccccc1CC(C)(C)C. The Morgan fingerprint density at radius 3 is 2.35 bits per heavy atom. The van der Waals surface area contributed by atoms with Crippen molar-refractivity contribution in [2.75, 3.05) is 11.9 Å². The van der Waals surface area contributed by atoms with Gasteiger partial charge < -0.3 is 4.90 Å². The summed E-state index contributed by atoms with van der Waals surface area (Å²) in [5, 5.41) is 0. The molecule has 0 saturated heterocycles. The summed E-state index contributed by atoms with van der Waals surface area (Å²) in [5.74, 6) is 0. The molecule has 1 aromatic carbocycles. The van der Waals surface area contributed by atoms with Crippen LogP contribution in [0, 0.1) is 5.41 Å². The molecule has 1 rings (SSSR count). The predicted molar refractivity (Wildman–Crippen MR) is 91.6 cm³/mol. The lowest BCUT2D eigenvalue weighted by Gasteiger charge is -2.31. The molecule has 0 saturated carbocycles. The number of rotatable bonds is 7. The Morgan fingerprint density at radius 1 is 1.10 bits per heavy atom. The van der Waals surface area contributed by atoms with Gasteiger partial charge >= 0.3 is 0 Å². The molecule has 0 aliphatic heterocycles. The minimum Gasteiger partial charge on any atom is -0.372 e. The molecule has 0 heterocycles. The van der Waals surface area contributed by atoms with Crippen LogP contribution in [0.2, 0.25) is 0 Å². The molecule has 0 amide bonds. The van der Waals surface area contributed by atoms with Crippen LogP contribution in [0.15, 0.2) is 24.3 Å². The molecule has 0 bridgehead atoms. The minimum absolute atomic E-state index is 0.336. The van der Waals surface area contributed by atoms with E-state index in [9.17, 15) is 0 Å². The molecule has 0 aromatic heterocycles. The molecule has 1 atom stereocenters. The van der Waals surface area contributed by atoms with Crippen molar-refractivity contribution >= 4 is 5.69 Å². The maximum atomic E-state index is 2.47. The van der Waals surface area contributed by atoms with Crippen molar-refractivity contribution in [2.45, 2.75) is 72.8 Å². The Labute approximate surface area is 126 Å². The molecule has 1 heteroatoms. The summed E-state index contributed by atoms with van der Waals surface area (Å²) in [7, 11) is 2.25. The lowest BCUT2D eigenvalue weighted by molar-refractivity contribution is 0.411. The van der Waals surface area contributed by atoms with Crippen molar-refractivity contribution in [2.24, 2.45) is 5.41 Å². The fraction of sp³-hybridized carbons (Fsp3) is 0.684. The second kappa shape index (κ2) is 7.71. The highest BCUT2D eigenvalue weighted by molar-refractivity contribution is 5.54. The first-order chi connectivity index (χ1) is 9.35. The monoisotopic (exact) mass is 275 g/mol. The Kier molecular flexibility index (Phi) is 6.58. The first kappa shape index (κ1) is 17.1. The lowest BCUT2D eigenvalue weighted by atomic mass is 9.87. The summed E-state index contributed by atoms with van der Waals surface area (Å²) in [6.07, 6.45) is 6.41. The molecule has 114 valence electrons. The van der Waals surface area contributed by atoms with Gasteiger partial charge in [0.1, 0.15) is 0 Å². The van der Waals surface area contributed by atoms with Gasteiger partial charge in [0, 0.05) is 18.8 Å². The predicted octanol–water partition coefficient (Wildman–Crippen LogP) is 5.68. The molecular weight excluding hydrogens is 242 g/mol. The van der Waals surface area contributed by atoms with Gasteiger partial charge in [0.25, 0.3) is 0 Å². The van der Waals surface area contributed by atoms with Crippen LogP contribution in [-0.4, -0.2) is 13.1 Å². The van der Waals surface area contributed by atoms with Crippen molar-refractivity contribution in [3.8, 4) is 0 Å². The van der Waals surface area contributed by atoms with Crippen molar-refractivity contribution in [3.63, 3.8) is 0 Å². The van der Waals surface area contributed by atoms with Crippen molar-refractivity contribution in [1.82, 2.24) is 0 Å². The normalized spacial score (nSPS) is 13.3. The molecule has 1 aromatic rings. The first-order valence-electron chi connectivity index (χ1n) is 8.16. The highest BCUT2D eigenvalue weighted by atomic mass is 15.1. The molecular formula is C19H33N. The Balaban J connectivity index is 2.78. The number of hydrogen-bond donors (Lipinski definition) is 0. The Bertz CT molecular complexity index is 389. The lowest BCUT2D eigenvalue weighted by Crippen LogP contribution is -2.30. The quantitative estimate of drug-likeness (QED) is 0.579. The zero-order valence-corrected chi connectivity index (χ0v) is 14.4. The van der Waals surface area contributed by atoms with E-state index >= 15 is 0 Å². The molecule has 1 nitrogen and oxygen atoms in total. The molecule has 20 heavy (non-hydrogen) atoms. The van der Waals surface area contributed by atoms with Gasteiger partial charge in [0.15, 0.2) is 0 Å². The van der Waals surface area contributed by atoms with Gasteiger partial charge in [-0.1, -0.05) is 65.2 Å². The molecule has 1 unspecified atom stereocenters. The van der Waals surface area contributed by atoms with Crippen LogP contribution in [0.1, 0.15) is 65.9 Å².